The van der Waals surface area contributed by atoms with Crippen LogP contribution in [0.25, 0.3) is 0 Å². The molecule has 0 bridgehead atoms. The number of nitrogens with one attached hydrogen (secondary N) is 2. The summed E-state index contributed by atoms with van der Waals surface area (Å²) in [6.07, 6.45) is 1.78. The molecule has 0 saturated carbocycles. The van der Waals surface area contributed by atoms with Crippen LogP contribution in [-0.4, -0.2) is 42.2 Å². The van der Waals surface area contributed by atoms with E-state index in [9.17, 15) is 14.4 Å². The summed E-state index contributed by atoms with van der Waals surface area (Å²) in [5.74, 6) is 1.48. The first-order valence-corrected chi connectivity index (χ1v) is 12.8. The molecule has 1 aromatic heterocycles. The van der Waals surface area contributed by atoms with Crippen LogP contribution in [0.1, 0.15) is 45.4 Å². The van der Waals surface area contributed by atoms with Crippen LogP contribution in [-0.2, 0) is 26.5 Å². The van der Waals surface area contributed by atoms with Gasteiger partial charge in [-0.3, -0.25) is 9.59 Å². The number of hydrogen-bond donors (Lipinski definition) is 2. The molecule has 2 atom stereocenters. The molecule has 0 saturated heterocycles. The molecule has 0 spiro atoms. The van der Waals surface area contributed by atoms with Gasteiger partial charge >= 0.3 is 6.09 Å². The molecule has 2 rings (SSSR count). The van der Waals surface area contributed by atoms with E-state index in [0.29, 0.717) is 18.6 Å². The lowest BCUT2D eigenvalue weighted by molar-refractivity contribution is -0.128. The van der Waals surface area contributed by atoms with E-state index in [1.807, 2.05) is 70.2 Å². The zero-order valence-corrected chi connectivity index (χ0v) is 21.2. The van der Waals surface area contributed by atoms with Crippen molar-refractivity contribution in [2.24, 2.45) is 11.8 Å². The summed E-state index contributed by atoms with van der Waals surface area (Å²) >= 11 is 1.44. The average Bonchev–Trinajstić information content (AvgIpc) is 3.30. The van der Waals surface area contributed by atoms with Crippen molar-refractivity contribution < 1.29 is 23.5 Å². The number of alkyl carbamates (subject to hydrolysis) is 1. The van der Waals surface area contributed by atoms with Crippen molar-refractivity contribution in [3.05, 3.63) is 60.1 Å². The van der Waals surface area contributed by atoms with Gasteiger partial charge in [-0.15, -0.1) is 11.8 Å². The fourth-order valence-corrected chi connectivity index (χ4v) is 4.11. The third kappa shape index (κ3) is 10.5. The highest BCUT2D eigenvalue weighted by atomic mass is 32.2. The number of Topliss-reactive ketones (excluding diaryl/α,β-unsaturated/α-hetero) is 1. The van der Waals surface area contributed by atoms with Gasteiger partial charge in [0.2, 0.25) is 5.91 Å². The van der Waals surface area contributed by atoms with Crippen LogP contribution < -0.4 is 10.6 Å². The summed E-state index contributed by atoms with van der Waals surface area (Å²) in [6.45, 7) is 8.09. The van der Waals surface area contributed by atoms with E-state index in [1.54, 1.807) is 6.26 Å². The molecule has 1 aromatic carbocycles. The fourth-order valence-electron chi connectivity index (χ4n) is 3.24. The van der Waals surface area contributed by atoms with Crippen LogP contribution in [0, 0.1) is 11.8 Å². The normalized spacial score (nSPS) is 12.9. The predicted molar refractivity (Wildman–Crippen MR) is 135 cm³/mol. The van der Waals surface area contributed by atoms with Crippen molar-refractivity contribution in [1.82, 2.24) is 10.6 Å². The van der Waals surface area contributed by atoms with Gasteiger partial charge in [-0.2, -0.15) is 0 Å². The number of ketones is 1. The number of ether oxygens (including phenoxy) is 1. The molecule has 0 aliphatic carbocycles. The summed E-state index contributed by atoms with van der Waals surface area (Å²) < 4.78 is 10.5. The highest BCUT2D eigenvalue weighted by Gasteiger charge is 2.28. The topological polar surface area (TPSA) is 97.6 Å². The largest absolute Gasteiger partial charge is 0.468 e. The van der Waals surface area contributed by atoms with Crippen molar-refractivity contribution in [2.45, 2.75) is 58.4 Å². The SMILES string of the molecule is CC(C)COC(=O)N[C@@H](CC(C)C)C(=O)N[C@@H](Cc1ccccc1)C(=O)CSCc1ccco1. The molecular formula is C26H36N2O5S. The molecule has 0 aliphatic rings. The molecular weight excluding hydrogens is 452 g/mol. The number of amides is 2. The number of furan rings is 1. The predicted octanol–water partition coefficient (Wildman–Crippen LogP) is 4.61. The second-order valence-corrected chi connectivity index (χ2v) is 10.1. The Morgan fingerprint density at radius 3 is 2.29 bits per heavy atom. The Labute approximate surface area is 206 Å². The molecule has 2 amide bonds. The maximum absolute atomic E-state index is 13.2. The number of thioether (sulfide) groups is 1. The smallest absolute Gasteiger partial charge is 0.407 e. The summed E-state index contributed by atoms with van der Waals surface area (Å²) in [6, 6.07) is 11.7. The Bertz CT molecular complexity index is 884. The Morgan fingerprint density at radius 1 is 0.941 bits per heavy atom. The Kier molecular flexibility index (Phi) is 11.7. The highest BCUT2D eigenvalue weighted by Crippen LogP contribution is 2.15. The zero-order valence-electron chi connectivity index (χ0n) is 20.4. The monoisotopic (exact) mass is 488 g/mol. The number of benzene rings is 1. The van der Waals surface area contributed by atoms with Crippen molar-refractivity contribution >= 4 is 29.5 Å². The number of rotatable bonds is 14. The minimum absolute atomic E-state index is 0.0839. The van der Waals surface area contributed by atoms with E-state index >= 15 is 0 Å². The molecule has 2 aromatic rings. The van der Waals surface area contributed by atoms with Gasteiger partial charge in [0.05, 0.1) is 30.4 Å². The number of carbonyl (C=O) groups excluding carboxylic acids is 3. The number of carbonyl (C=O) groups is 3. The van der Waals surface area contributed by atoms with Gasteiger partial charge in [0.25, 0.3) is 0 Å². The van der Waals surface area contributed by atoms with Gasteiger partial charge < -0.3 is 19.8 Å². The molecule has 34 heavy (non-hydrogen) atoms. The van der Waals surface area contributed by atoms with Crippen LogP contribution in [0.15, 0.2) is 53.1 Å². The average molecular weight is 489 g/mol. The second kappa shape index (κ2) is 14.5. The Morgan fingerprint density at radius 2 is 1.68 bits per heavy atom. The maximum atomic E-state index is 13.2. The zero-order chi connectivity index (χ0) is 24.9. The summed E-state index contributed by atoms with van der Waals surface area (Å²) in [4.78, 5) is 38.5. The van der Waals surface area contributed by atoms with Gasteiger partial charge in [0.15, 0.2) is 5.78 Å². The van der Waals surface area contributed by atoms with E-state index in [4.69, 9.17) is 9.15 Å². The molecule has 7 nitrogen and oxygen atoms in total. The van der Waals surface area contributed by atoms with E-state index in [-0.39, 0.29) is 35.9 Å². The minimum atomic E-state index is -0.790. The standard InChI is InChI=1S/C26H36N2O5S/c1-18(2)13-23(28-26(31)33-15-19(3)4)25(30)27-22(14-20-9-6-5-7-10-20)24(29)17-34-16-21-11-8-12-32-21/h5-12,18-19,22-23H,13-17H2,1-4H3,(H,27,30)(H,28,31)/t22-,23-/m0/s1. The van der Waals surface area contributed by atoms with Gasteiger partial charge in [0, 0.05) is 0 Å². The molecule has 8 heteroatoms. The molecule has 2 N–H and O–H groups in total. The molecule has 186 valence electrons. The molecule has 0 aliphatic heterocycles. The van der Waals surface area contributed by atoms with Crippen LogP contribution in [0.3, 0.4) is 0 Å². The van der Waals surface area contributed by atoms with Gasteiger partial charge in [-0.05, 0) is 42.4 Å². The minimum Gasteiger partial charge on any atom is -0.468 e. The van der Waals surface area contributed by atoms with Gasteiger partial charge in [-0.25, -0.2) is 4.79 Å². The second-order valence-electron chi connectivity index (χ2n) is 9.11. The summed E-state index contributed by atoms with van der Waals surface area (Å²) in [5, 5.41) is 5.56. The third-order valence-corrected chi connectivity index (χ3v) is 5.90. The fraction of sp³-hybridized carbons (Fsp3) is 0.500. The van der Waals surface area contributed by atoms with Crippen LogP contribution in [0.2, 0.25) is 0 Å². The number of hydrogen-bond acceptors (Lipinski definition) is 6. The van der Waals surface area contributed by atoms with Crippen LogP contribution in [0.4, 0.5) is 4.79 Å². The van der Waals surface area contributed by atoms with Crippen LogP contribution in [0.5, 0.6) is 0 Å². The molecule has 1 heterocycles. The first-order valence-electron chi connectivity index (χ1n) is 11.6. The van der Waals surface area contributed by atoms with Gasteiger partial charge in [0.1, 0.15) is 11.8 Å². The van der Waals surface area contributed by atoms with E-state index in [0.717, 1.165) is 11.3 Å². The highest BCUT2D eigenvalue weighted by molar-refractivity contribution is 7.99. The van der Waals surface area contributed by atoms with Crippen molar-refractivity contribution in [1.29, 1.82) is 0 Å². The van der Waals surface area contributed by atoms with Gasteiger partial charge in [-0.1, -0.05) is 58.0 Å². The maximum Gasteiger partial charge on any atom is 0.407 e. The van der Waals surface area contributed by atoms with Crippen molar-refractivity contribution in [3.8, 4) is 0 Å². The molecule has 0 radical (unpaired) electrons. The summed E-state index contributed by atoms with van der Waals surface area (Å²) in [7, 11) is 0. The Hall–Kier alpha value is -2.74. The first-order chi connectivity index (χ1) is 16.2. The quantitative estimate of drug-likeness (QED) is 0.403. The van der Waals surface area contributed by atoms with E-state index < -0.39 is 18.2 Å². The van der Waals surface area contributed by atoms with Crippen molar-refractivity contribution in [2.75, 3.05) is 12.4 Å². The lowest BCUT2D eigenvalue weighted by Gasteiger charge is -2.24. The van der Waals surface area contributed by atoms with Crippen LogP contribution >= 0.6 is 11.8 Å². The third-order valence-electron chi connectivity index (χ3n) is 4.92. The first kappa shape index (κ1) is 27.5. The van der Waals surface area contributed by atoms with E-state index in [1.165, 1.54) is 11.8 Å². The lowest BCUT2D eigenvalue weighted by Crippen LogP contribution is -2.53. The summed E-state index contributed by atoms with van der Waals surface area (Å²) in [5.41, 5.74) is 0.946. The Balaban J connectivity index is 2.06. The lowest BCUT2D eigenvalue weighted by atomic mass is 10.00. The van der Waals surface area contributed by atoms with E-state index in [2.05, 4.69) is 10.6 Å². The van der Waals surface area contributed by atoms with Crippen molar-refractivity contribution in [3.63, 3.8) is 0 Å². The molecule has 0 fully saturated rings. The molecule has 0 unspecified atom stereocenters.